The van der Waals surface area contributed by atoms with Gasteiger partial charge in [0.25, 0.3) is 0 Å². The van der Waals surface area contributed by atoms with Crippen molar-refractivity contribution in [1.29, 1.82) is 0 Å². The molecule has 30 heavy (non-hydrogen) atoms. The SMILES string of the molecule is Cc1cc(F)cn2c(C(C)(C)NC(=O)C3[C@H]4CN(C(=O)OC(C)(C)C)C[C@@H]34)ncc12. The van der Waals surface area contributed by atoms with E-state index in [9.17, 15) is 14.0 Å². The van der Waals surface area contributed by atoms with Gasteiger partial charge in [0.2, 0.25) is 5.91 Å². The van der Waals surface area contributed by atoms with Gasteiger partial charge in [-0.3, -0.25) is 9.20 Å². The number of hydrogen-bond acceptors (Lipinski definition) is 4. The zero-order chi connectivity index (χ0) is 22.0. The van der Waals surface area contributed by atoms with Gasteiger partial charge < -0.3 is 15.0 Å². The van der Waals surface area contributed by atoms with Gasteiger partial charge in [0.05, 0.1) is 17.3 Å². The van der Waals surface area contributed by atoms with Crippen LogP contribution in [0.1, 0.15) is 46.0 Å². The Morgan fingerprint density at radius 2 is 1.83 bits per heavy atom. The summed E-state index contributed by atoms with van der Waals surface area (Å²) in [5.41, 5.74) is 0.292. The van der Waals surface area contributed by atoms with Crippen molar-refractivity contribution in [1.82, 2.24) is 19.6 Å². The third-order valence-corrected chi connectivity index (χ3v) is 5.95. The number of nitrogens with zero attached hydrogens (tertiary/aromatic N) is 3. The zero-order valence-corrected chi connectivity index (χ0v) is 18.3. The first-order valence-corrected chi connectivity index (χ1v) is 10.3. The van der Waals surface area contributed by atoms with Crippen LogP contribution >= 0.6 is 0 Å². The molecule has 2 fully saturated rings. The van der Waals surface area contributed by atoms with Gasteiger partial charge in [-0.25, -0.2) is 14.2 Å². The fraction of sp³-hybridized carbons (Fsp3) is 0.591. The highest BCUT2D eigenvalue weighted by atomic mass is 19.1. The highest BCUT2D eigenvalue weighted by Crippen LogP contribution is 2.52. The van der Waals surface area contributed by atoms with Gasteiger partial charge in [0.15, 0.2) is 0 Å². The topological polar surface area (TPSA) is 75.9 Å². The van der Waals surface area contributed by atoms with Crippen LogP contribution in [-0.2, 0) is 15.1 Å². The Bertz CT molecular complexity index is 1010. The molecule has 2 aromatic heterocycles. The van der Waals surface area contributed by atoms with E-state index in [1.807, 2.05) is 41.5 Å². The second kappa shape index (κ2) is 6.68. The van der Waals surface area contributed by atoms with Crippen LogP contribution in [-0.4, -0.2) is 45.0 Å². The number of rotatable bonds is 3. The minimum atomic E-state index is -0.772. The van der Waals surface area contributed by atoms with Crippen molar-refractivity contribution in [2.24, 2.45) is 17.8 Å². The molecule has 8 heteroatoms. The van der Waals surface area contributed by atoms with Crippen LogP contribution in [0.2, 0.25) is 0 Å². The van der Waals surface area contributed by atoms with Gasteiger partial charge in [-0.05, 0) is 65.0 Å². The van der Waals surface area contributed by atoms with Crippen molar-refractivity contribution in [2.75, 3.05) is 13.1 Å². The summed E-state index contributed by atoms with van der Waals surface area (Å²) in [6.45, 7) is 12.2. The Morgan fingerprint density at radius 1 is 1.20 bits per heavy atom. The summed E-state index contributed by atoms with van der Waals surface area (Å²) >= 11 is 0. The first-order chi connectivity index (χ1) is 13.9. The molecule has 1 saturated carbocycles. The molecular weight excluding hydrogens is 387 g/mol. The number of halogens is 1. The van der Waals surface area contributed by atoms with E-state index in [1.165, 1.54) is 12.3 Å². The molecule has 162 valence electrons. The first-order valence-electron chi connectivity index (χ1n) is 10.3. The molecule has 2 aliphatic rings. The number of carbonyl (C=O) groups excluding carboxylic acids is 2. The normalized spacial score (nSPS) is 23.4. The predicted molar refractivity (Wildman–Crippen MR) is 109 cm³/mol. The molecule has 2 aromatic rings. The van der Waals surface area contributed by atoms with Crippen molar-refractivity contribution in [3.05, 3.63) is 35.7 Å². The zero-order valence-electron chi connectivity index (χ0n) is 18.3. The van der Waals surface area contributed by atoms with E-state index >= 15 is 0 Å². The number of carbonyl (C=O) groups is 2. The maximum Gasteiger partial charge on any atom is 0.410 e. The maximum absolute atomic E-state index is 13.9. The van der Waals surface area contributed by atoms with Gasteiger partial charge in [-0.1, -0.05) is 0 Å². The summed E-state index contributed by atoms with van der Waals surface area (Å²) in [6, 6.07) is 1.47. The molecule has 3 heterocycles. The average Bonchev–Trinajstić information content (AvgIpc) is 2.93. The quantitative estimate of drug-likeness (QED) is 0.833. The third-order valence-electron chi connectivity index (χ3n) is 5.95. The third kappa shape index (κ3) is 3.63. The van der Waals surface area contributed by atoms with Crippen LogP contribution in [0.25, 0.3) is 5.52 Å². The number of fused-ring (bicyclic) bond motifs is 2. The minimum absolute atomic E-state index is 0.0521. The Morgan fingerprint density at radius 3 is 2.43 bits per heavy atom. The number of likely N-dealkylation sites (tertiary alicyclic amines) is 1. The fourth-order valence-corrected chi connectivity index (χ4v) is 4.53. The van der Waals surface area contributed by atoms with Crippen molar-refractivity contribution in [3.63, 3.8) is 0 Å². The molecule has 1 aliphatic carbocycles. The van der Waals surface area contributed by atoms with E-state index < -0.39 is 11.1 Å². The number of amides is 2. The maximum atomic E-state index is 13.9. The second-order valence-corrected chi connectivity index (χ2v) is 10.0. The first kappa shape index (κ1) is 20.6. The largest absolute Gasteiger partial charge is 0.444 e. The number of ether oxygens (including phenoxy) is 1. The predicted octanol–water partition coefficient (Wildman–Crippen LogP) is 3.25. The second-order valence-electron chi connectivity index (χ2n) is 10.0. The van der Waals surface area contributed by atoms with Crippen LogP contribution in [0.15, 0.2) is 18.5 Å². The average molecular weight is 416 g/mol. The van der Waals surface area contributed by atoms with Crippen molar-refractivity contribution >= 4 is 17.5 Å². The van der Waals surface area contributed by atoms with Crippen LogP contribution in [0.5, 0.6) is 0 Å². The van der Waals surface area contributed by atoms with Crippen LogP contribution < -0.4 is 5.32 Å². The summed E-state index contributed by atoms with van der Waals surface area (Å²) in [4.78, 5) is 31.3. The van der Waals surface area contributed by atoms with Crippen LogP contribution in [0, 0.1) is 30.5 Å². The van der Waals surface area contributed by atoms with E-state index in [0.717, 1.165) is 11.1 Å². The van der Waals surface area contributed by atoms with Gasteiger partial charge in [-0.2, -0.15) is 0 Å². The number of piperidine rings is 1. The molecule has 0 spiro atoms. The van der Waals surface area contributed by atoms with E-state index in [4.69, 9.17) is 4.74 Å². The van der Waals surface area contributed by atoms with E-state index in [2.05, 4.69) is 10.3 Å². The van der Waals surface area contributed by atoms with Crippen LogP contribution in [0.4, 0.5) is 9.18 Å². The Kier molecular flexibility index (Phi) is 4.60. The van der Waals surface area contributed by atoms with Gasteiger partial charge in [0, 0.05) is 25.2 Å². The summed E-state index contributed by atoms with van der Waals surface area (Å²) in [6.07, 6.45) is 2.77. The summed E-state index contributed by atoms with van der Waals surface area (Å²) < 4.78 is 21.0. The lowest BCUT2D eigenvalue weighted by Gasteiger charge is -2.27. The summed E-state index contributed by atoms with van der Waals surface area (Å²) in [5, 5.41) is 3.08. The molecular formula is C22H29FN4O3. The van der Waals surface area contributed by atoms with Gasteiger partial charge in [0.1, 0.15) is 17.2 Å². The molecule has 0 aromatic carbocycles. The number of imidazole rings is 1. The molecule has 0 bridgehead atoms. The molecule has 1 unspecified atom stereocenters. The Hall–Kier alpha value is -2.64. The fourth-order valence-electron chi connectivity index (χ4n) is 4.53. The van der Waals surface area contributed by atoms with Crippen LogP contribution in [0.3, 0.4) is 0 Å². The lowest BCUT2D eigenvalue weighted by Crippen LogP contribution is -2.45. The van der Waals surface area contributed by atoms with Gasteiger partial charge >= 0.3 is 6.09 Å². The molecule has 0 radical (unpaired) electrons. The number of hydrogen-bond donors (Lipinski definition) is 1. The standard InChI is InChI=1S/C22H29FN4O3/c1-12-7-13(23)9-27-16(12)8-24-19(27)22(5,6)25-18(28)17-14-10-26(11-15(14)17)20(29)30-21(2,3)4/h7-9,14-15,17H,10-11H2,1-6H3,(H,25,28)/t14-,15+,17?. The summed E-state index contributed by atoms with van der Waals surface area (Å²) in [7, 11) is 0. The van der Waals surface area contributed by atoms with E-state index in [-0.39, 0.29) is 35.6 Å². The molecule has 1 N–H and O–H groups in total. The smallest absolute Gasteiger partial charge is 0.410 e. The van der Waals surface area contributed by atoms with Crippen molar-refractivity contribution in [2.45, 2.75) is 52.7 Å². The Labute approximate surface area is 175 Å². The highest BCUT2D eigenvalue weighted by Gasteiger charge is 2.61. The molecule has 2 amide bonds. The van der Waals surface area contributed by atoms with Gasteiger partial charge in [-0.15, -0.1) is 0 Å². The molecule has 3 atom stereocenters. The van der Waals surface area contributed by atoms with E-state index in [0.29, 0.717) is 18.9 Å². The lowest BCUT2D eigenvalue weighted by molar-refractivity contribution is -0.125. The molecule has 4 rings (SSSR count). The summed E-state index contributed by atoms with van der Waals surface area (Å²) in [5.74, 6) is 0.376. The highest BCUT2D eigenvalue weighted by molar-refractivity contribution is 5.84. The molecule has 1 saturated heterocycles. The Balaban J connectivity index is 1.42. The van der Waals surface area contributed by atoms with Crippen molar-refractivity contribution in [3.8, 4) is 0 Å². The lowest BCUT2D eigenvalue weighted by atomic mass is 10.0. The number of aryl methyl sites for hydroxylation is 1. The minimum Gasteiger partial charge on any atom is -0.444 e. The number of nitrogens with one attached hydrogen (secondary N) is 1. The molecule has 1 aliphatic heterocycles. The number of aromatic nitrogens is 2. The van der Waals surface area contributed by atoms with Crippen molar-refractivity contribution < 1.29 is 18.7 Å². The number of pyridine rings is 1. The van der Waals surface area contributed by atoms with E-state index in [1.54, 1.807) is 15.5 Å². The monoisotopic (exact) mass is 416 g/mol. The molecule has 7 nitrogen and oxygen atoms in total.